The van der Waals surface area contributed by atoms with Crippen molar-refractivity contribution in [2.45, 2.75) is 12.5 Å². The van der Waals surface area contributed by atoms with E-state index in [0.717, 1.165) is 4.90 Å². The Morgan fingerprint density at radius 3 is 2.46 bits per heavy atom. The molecule has 188 valence electrons. The van der Waals surface area contributed by atoms with Gasteiger partial charge in [0.25, 0.3) is 11.8 Å². The third kappa shape index (κ3) is 5.68. The molecular formula is C26H22N4O7. The summed E-state index contributed by atoms with van der Waals surface area (Å²) in [5, 5.41) is 0. The molecule has 4 rings (SSSR count). The maximum Gasteiger partial charge on any atom is 0.338 e. The number of hydrogen-bond acceptors (Lipinski definition) is 9. The minimum atomic E-state index is -0.959. The largest absolute Gasteiger partial charge is 0.496 e. The van der Waals surface area contributed by atoms with Crippen molar-refractivity contribution in [3.05, 3.63) is 89.7 Å². The van der Waals surface area contributed by atoms with Gasteiger partial charge in [0.1, 0.15) is 11.8 Å². The number of ether oxygens (including phenoxy) is 2. The maximum atomic E-state index is 12.8. The van der Waals surface area contributed by atoms with Gasteiger partial charge in [0.2, 0.25) is 11.7 Å². The topological polar surface area (TPSA) is 144 Å². The lowest BCUT2D eigenvalue weighted by Crippen LogP contribution is -2.48. The second kappa shape index (κ2) is 11.2. The normalized spacial score (nSPS) is 14.8. The highest BCUT2D eigenvalue weighted by molar-refractivity contribution is 6.22. The molecule has 1 aliphatic rings. The number of imide groups is 1. The van der Waals surface area contributed by atoms with E-state index in [-0.39, 0.29) is 23.2 Å². The Kier molecular flexibility index (Phi) is 7.65. The summed E-state index contributed by atoms with van der Waals surface area (Å²) in [6.07, 6.45) is 2.72. The zero-order valence-corrected chi connectivity index (χ0v) is 19.7. The minimum absolute atomic E-state index is 0.133. The number of pyridine rings is 1. The van der Waals surface area contributed by atoms with Crippen molar-refractivity contribution in [2.75, 3.05) is 18.6 Å². The number of carbonyl (C=O) groups excluding carboxylic acids is 5. The van der Waals surface area contributed by atoms with Crippen LogP contribution in [0.5, 0.6) is 5.75 Å². The molecule has 2 N–H and O–H groups in total. The number of para-hydroxylation sites is 1. The third-order valence-corrected chi connectivity index (χ3v) is 5.53. The fraction of sp³-hybridized carbons (Fsp3) is 0.154. The molecule has 37 heavy (non-hydrogen) atoms. The van der Waals surface area contributed by atoms with E-state index < -0.39 is 42.1 Å². The number of anilines is 1. The van der Waals surface area contributed by atoms with Crippen LogP contribution in [-0.2, 0) is 14.3 Å². The van der Waals surface area contributed by atoms with E-state index >= 15 is 0 Å². The van der Waals surface area contributed by atoms with Crippen LogP contribution < -0.4 is 20.5 Å². The summed E-state index contributed by atoms with van der Waals surface area (Å²) in [5.74, 6) is -2.34. The quantitative estimate of drug-likeness (QED) is 0.193. The summed E-state index contributed by atoms with van der Waals surface area (Å²) >= 11 is 0. The molecule has 11 nitrogen and oxygen atoms in total. The SMILES string of the molecule is COc1ccccc1C(=O)COC(=O)c1ccc(N2C(=O)CC(NNC(=O)c3cccnc3)C2=O)cc1. The average Bonchev–Trinajstić information content (AvgIpc) is 3.22. The van der Waals surface area contributed by atoms with Gasteiger partial charge < -0.3 is 9.47 Å². The number of carbonyl (C=O) groups is 5. The predicted molar refractivity (Wildman–Crippen MR) is 130 cm³/mol. The first-order valence-electron chi connectivity index (χ1n) is 11.1. The molecule has 2 aromatic carbocycles. The molecule has 1 saturated heterocycles. The van der Waals surface area contributed by atoms with Crippen molar-refractivity contribution < 1.29 is 33.4 Å². The van der Waals surface area contributed by atoms with Crippen molar-refractivity contribution in [1.82, 2.24) is 15.8 Å². The smallest absolute Gasteiger partial charge is 0.338 e. The number of aromatic nitrogens is 1. The Balaban J connectivity index is 1.34. The van der Waals surface area contributed by atoms with Gasteiger partial charge in [-0.3, -0.25) is 29.6 Å². The summed E-state index contributed by atoms with van der Waals surface area (Å²) < 4.78 is 10.3. The lowest BCUT2D eigenvalue weighted by molar-refractivity contribution is -0.121. The molecule has 1 aliphatic heterocycles. The van der Waals surface area contributed by atoms with E-state index in [1.165, 1.54) is 43.8 Å². The van der Waals surface area contributed by atoms with E-state index in [1.54, 1.807) is 36.4 Å². The number of benzene rings is 2. The highest BCUT2D eigenvalue weighted by Gasteiger charge is 2.39. The number of nitrogens with zero attached hydrogens (tertiary/aromatic N) is 2. The Hall–Kier alpha value is -4.90. The zero-order chi connectivity index (χ0) is 26.4. The summed E-state index contributed by atoms with van der Waals surface area (Å²) in [6.45, 7) is -0.484. The van der Waals surface area contributed by atoms with Gasteiger partial charge in [-0.25, -0.2) is 15.1 Å². The van der Waals surface area contributed by atoms with Gasteiger partial charge in [-0.05, 0) is 48.5 Å². The molecule has 0 aliphatic carbocycles. The number of hydrogen-bond donors (Lipinski definition) is 2. The number of esters is 1. The Bertz CT molecular complexity index is 1340. The highest BCUT2D eigenvalue weighted by Crippen LogP contribution is 2.24. The van der Waals surface area contributed by atoms with Crippen molar-refractivity contribution in [1.29, 1.82) is 0 Å². The van der Waals surface area contributed by atoms with Gasteiger partial charge in [0.15, 0.2) is 6.61 Å². The summed E-state index contributed by atoms with van der Waals surface area (Å²) in [7, 11) is 1.44. The van der Waals surface area contributed by atoms with Crippen molar-refractivity contribution in [3.8, 4) is 5.75 Å². The van der Waals surface area contributed by atoms with Gasteiger partial charge in [0, 0.05) is 12.4 Å². The lowest BCUT2D eigenvalue weighted by atomic mass is 10.1. The number of ketones is 1. The van der Waals surface area contributed by atoms with Gasteiger partial charge >= 0.3 is 5.97 Å². The minimum Gasteiger partial charge on any atom is -0.496 e. The molecule has 0 saturated carbocycles. The second-order valence-electron chi connectivity index (χ2n) is 7.91. The molecule has 1 unspecified atom stereocenters. The van der Waals surface area contributed by atoms with Crippen LogP contribution in [0.15, 0.2) is 73.1 Å². The van der Waals surface area contributed by atoms with E-state index in [2.05, 4.69) is 15.8 Å². The number of Topliss-reactive ketones (excluding diaryl/α,β-unsaturated/α-hetero) is 1. The first-order chi connectivity index (χ1) is 17.9. The van der Waals surface area contributed by atoms with Crippen LogP contribution in [-0.4, -0.2) is 54.2 Å². The van der Waals surface area contributed by atoms with Crippen molar-refractivity contribution >= 4 is 35.2 Å². The van der Waals surface area contributed by atoms with Crippen LogP contribution in [0.4, 0.5) is 5.69 Å². The lowest BCUT2D eigenvalue weighted by Gasteiger charge is -2.16. The predicted octanol–water partition coefficient (Wildman–Crippen LogP) is 1.70. The van der Waals surface area contributed by atoms with E-state index in [0.29, 0.717) is 11.3 Å². The fourth-order valence-corrected chi connectivity index (χ4v) is 3.65. The van der Waals surface area contributed by atoms with Gasteiger partial charge in [-0.2, -0.15) is 0 Å². The number of rotatable bonds is 9. The highest BCUT2D eigenvalue weighted by atomic mass is 16.5. The molecule has 3 amide bonds. The number of methoxy groups -OCH3 is 1. The molecule has 1 fully saturated rings. The average molecular weight is 502 g/mol. The van der Waals surface area contributed by atoms with Gasteiger partial charge in [-0.1, -0.05) is 12.1 Å². The number of nitrogens with one attached hydrogen (secondary N) is 2. The van der Waals surface area contributed by atoms with E-state index in [9.17, 15) is 24.0 Å². The first kappa shape index (κ1) is 25.2. The van der Waals surface area contributed by atoms with Crippen LogP contribution in [0.3, 0.4) is 0 Å². The van der Waals surface area contributed by atoms with Crippen LogP contribution in [0.1, 0.15) is 37.5 Å². The Labute approximate surface area is 211 Å². The molecule has 1 aromatic heterocycles. The molecule has 11 heteroatoms. The van der Waals surface area contributed by atoms with Crippen LogP contribution in [0.25, 0.3) is 0 Å². The van der Waals surface area contributed by atoms with Crippen molar-refractivity contribution in [3.63, 3.8) is 0 Å². The molecule has 1 atom stereocenters. The third-order valence-electron chi connectivity index (χ3n) is 5.53. The van der Waals surface area contributed by atoms with Crippen LogP contribution in [0.2, 0.25) is 0 Å². The van der Waals surface area contributed by atoms with Crippen molar-refractivity contribution in [2.24, 2.45) is 0 Å². The summed E-state index contributed by atoms with van der Waals surface area (Å²) in [4.78, 5) is 67.1. The zero-order valence-electron chi connectivity index (χ0n) is 19.7. The molecule has 2 heterocycles. The van der Waals surface area contributed by atoms with Crippen LogP contribution >= 0.6 is 0 Å². The van der Waals surface area contributed by atoms with Gasteiger partial charge in [0.05, 0.1) is 35.9 Å². The molecule has 0 bridgehead atoms. The maximum absolute atomic E-state index is 12.8. The molecular weight excluding hydrogens is 480 g/mol. The molecule has 0 radical (unpaired) electrons. The number of amides is 3. The second-order valence-corrected chi connectivity index (χ2v) is 7.91. The monoisotopic (exact) mass is 502 g/mol. The first-order valence-corrected chi connectivity index (χ1v) is 11.1. The molecule has 3 aromatic rings. The Morgan fingerprint density at radius 1 is 1.00 bits per heavy atom. The standard InChI is InChI=1S/C26H22N4O7/c1-36-22-7-3-2-6-19(22)21(31)15-37-26(35)16-8-10-18(11-9-16)30-23(32)13-20(25(30)34)28-29-24(33)17-5-4-12-27-14-17/h2-12,14,20,28H,13,15H2,1H3,(H,29,33). The number of hydrazine groups is 1. The fourth-order valence-electron chi connectivity index (χ4n) is 3.65. The van der Waals surface area contributed by atoms with Gasteiger partial charge in [-0.15, -0.1) is 0 Å². The summed E-state index contributed by atoms with van der Waals surface area (Å²) in [5.41, 5.74) is 5.95. The summed E-state index contributed by atoms with van der Waals surface area (Å²) in [6, 6.07) is 14.4. The molecule has 0 spiro atoms. The Morgan fingerprint density at radius 2 is 1.76 bits per heavy atom. The van der Waals surface area contributed by atoms with E-state index in [1.807, 2.05) is 0 Å². The van der Waals surface area contributed by atoms with Crippen LogP contribution in [0, 0.1) is 0 Å². The van der Waals surface area contributed by atoms with E-state index in [4.69, 9.17) is 9.47 Å².